The van der Waals surface area contributed by atoms with E-state index in [1.165, 1.54) is 12.0 Å². The topological polar surface area (TPSA) is 44.8 Å². The fourth-order valence-electron chi connectivity index (χ4n) is 3.54. The second-order valence-electron chi connectivity index (χ2n) is 6.73. The Bertz CT molecular complexity index is 518. The summed E-state index contributed by atoms with van der Waals surface area (Å²) in [5, 5.41) is 3.41. The minimum Gasteiger partial charge on any atom is -0.494 e. The van der Waals surface area contributed by atoms with Gasteiger partial charge in [-0.1, -0.05) is 12.1 Å². The number of nitrogens with one attached hydrogen (secondary N) is 1. The highest BCUT2D eigenvalue weighted by atomic mass is 16.5. The highest BCUT2D eigenvalue weighted by molar-refractivity contribution is 5.77. The van der Waals surface area contributed by atoms with Gasteiger partial charge < -0.3 is 15.0 Å². The van der Waals surface area contributed by atoms with Gasteiger partial charge in [0.1, 0.15) is 5.75 Å². The molecule has 132 valence electrons. The number of carbonyl (C=O) groups is 1. The average molecular weight is 331 g/mol. The van der Waals surface area contributed by atoms with Crippen molar-refractivity contribution in [1.82, 2.24) is 15.1 Å². The summed E-state index contributed by atoms with van der Waals surface area (Å²) in [6, 6.07) is 8.74. The molecular weight excluding hydrogens is 302 g/mol. The molecule has 5 nitrogen and oxygen atoms in total. The van der Waals surface area contributed by atoms with Crippen LogP contribution in [0.3, 0.4) is 0 Å². The third kappa shape index (κ3) is 4.71. The second kappa shape index (κ2) is 8.49. The summed E-state index contributed by atoms with van der Waals surface area (Å²) in [6.07, 6.45) is 3.01. The standard InChI is InChI=1S/C19H29N3O2/c1-2-24-18-7-5-16(6-8-18)15-21-10-12-22(13-11-21)19(23)14-17-4-3-9-20-17/h5-8,17,20H,2-4,9-15H2,1H3. The van der Waals surface area contributed by atoms with Crippen LogP contribution >= 0.6 is 0 Å². The molecule has 2 saturated heterocycles. The molecule has 1 amide bonds. The van der Waals surface area contributed by atoms with E-state index in [-0.39, 0.29) is 0 Å². The number of nitrogens with zero attached hydrogens (tertiary/aromatic N) is 2. The van der Waals surface area contributed by atoms with Gasteiger partial charge in [-0.3, -0.25) is 9.69 Å². The van der Waals surface area contributed by atoms with Crippen LogP contribution < -0.4 is 10.1 Å². The summed E-state index contributed by atoms with van der Waals surface area (Å²) in [6.45, 7) is 8.31. The monoisotopic (exact) mass is 331 g/mol. The Morgan fingerprint density at radius 1 is 1.21 bits per heavy atom. The van der Waals surface area contributed by atoms with Crippen LogP contribution in [0.1, 0.15) is 31.7 Å². The summed E-state index contributed by atoms with van der Waals surface area (Å²) in [7, 11) is 0. The van der Waals surface area contributed by atoms with Gasteiger partial charge in [-0.05, 0) is 44.0 Å². The van der Waals surface area contributed by atoms with Gasteiger partial charge in [-0.15, -0.1) is 0 Å². The molecule has 1 aromatic carbocycles. The molecule has 2 aliphatic heterocycles. The summed E-state index contributed by atoms with van der Waals surface area (Å²) in [4.78, 5) is 16.8. The van der Waals surface area contributed by atoms with Crippen molar-refractivity contribution in [2.75, 3.05) is 39.3 Å². The Labute approximate surface area is 145 Å². The van der Waals surface area contributed by atoms with Gasteiger partial charge in [0.2, 0.25) is 5.91 Å². The summed E-state index contributed by atoms with van der Waals surface area (Å²) < 4.78 is 5.48. The van der Waals surface area contributed by atoms with Gasteiger partial charge >= 0.3 is 0 Å². The maximum absolute atomic E-state index is 12.4. The van der Waals surface area contributed by atoms with Crippen molar-refractivity contribution in [3.05, 3.63) is 29.8 Å². The van der Waals surface area contributed by atoms with Crippen LogP contribution in [0, 0.1) is 0 Å². The van der Waals surface area contributed by atoms with Gasteiger partial charge in [0.05, 0.1) is 6.61 Å². The van der Waals surface area contributed by atoms with Crippen molar-refractivity contribution in [1.29, 1.82) is 0 Å². The predicted octanol–water partition coefficient (Wildman–Crippen LogP) is 1.87. The summed E-state index contributed by atoms with van der Waals surface area (Å²) in [5.74, 6) is 1.24. The lowest BCUT2D eigenvalue weighted by molar-refractivity contribution is -0.133. The molecular formula is C19H29N3O2. The predicted molar refractivity (Wildman–Crippen MR) is 95.1 cm³/mol. The first-order chi connectivity index (χ1) is 11.7. The Morgan fingerprint density at radius 2 is 1.96 bits per heavy atom. The fourth-order valence-corrected chi connectivity index (χ4v) is 3.54. The third-order valence-electron chi connectivity index (χ3n) is 4.95. The maximum Gasteiger partial charge on any atom is 0.224 e. The van der Waals surface area contributed by atoms with E-state index in [4.69, 9.17) is 4.74 Å². The minimum absolute atomic E-state index is 0.315. The lowest BCUT2D eigenvalue weighted by Crippen LogP contribution is -2.49. The molecule has 0 aliphatic carbocycles. The third-order valence-corrected chi connectivity index (χ3v) is 4.95. The molecule has 5 heteroatoms. The Morgan fingerprint density at radius 3 is 2.58 bits per heavy atom. The van der Waals surface area contributed by atoms with Crippen LogP contribution in [0.5, 0.6) is 5.75 Å². The van der Waals surface area contributed by atoms with E-state index < -0.39 is 0 Å². The second-order valence-corrected chi connectivity index (χ2v) is 6.73. The normalized spacial score (nSPS) is 21.9. The molecule has 0 bridgehead atoms. The largest absolute Gasteiger partial charge is 0.494 e. The van der Waals surface area contributed by atoms with E-state index in [2.05, 4.69) is 22.3 Å². The highest BCUT2D eigenvalue weighted by Crippen LogP contribution is 2.16. The molecule has 0 spiro atoms. The average Bonchev–Trinajstić information content (AvgIpc) is 3.10. The van der Waals surface area contributed by atoms with Crippen LogP contribution in [0.15, 0.2) is 24.3 Å². The van der Waals surface area contributed by atoms with Crippen LogP contribution in [-0.2, 0) is 11.3 Å². The maximum atomic E-state index is 12.4. The molecule has 1 aromatic rings. The Balaban J connectivity index is 1.42. The van der Waals surface area contributed by atoms with Crippen LogP contribution in [0.4, 0.5) is 0 Å². The number of piperazine rings is 1. The fraction of sp³-hybridized carbons (Fsp3) is 0.632. The molecule has 2 fully saturated rings. The number of amides is 1. The van der Waals surface area contributed by atoms with Crippen molar-refractivity contribution in [2.45, 2.75) is 38.8 Å². The zero-order valence-corrected chi connectivity index (χ0v) is 14.7. The Hall–Kier alpha value is -1.59. The number of hydrogen-bond donors (Lipinski definition) is 1. The lowest BCUT2D eigenvalue weighted by atomic mass is 10.1. The smallest absolute Gasteiger partial charge is 0.224 e. The molecule has 0 aromatic heterocycles. The van der Waals surface area contributed by atoms with E-state index in [1.54, 1.807) is 0 Å². The molecule has 1 atom stereocenters. The summed E-state index contributed by atoms with van der Waals surface area (Å²) >= 11 is 0. The SMILES string of the molecule is CCOc1ccc(CN2CCN(C(=O)CC3CCCN3)CC2)cc1. The molecule has 2 aliphatic rings. The van der Waals surface area contributed by atoms with Crippen molar-refractivity contribution >= 4 is 5.91 Å². The molecule has 0 radical (unpaired) electrons. The molecule has 0 saturated carbocycles. The quantitative estimate of drug-likeness (QED) is 0.864. The van der Waals surface area contributed by atoms with Crippen LogP contribution in [0.2, 0.25) is 0 Å². The van der Waals surface area contributed by atoms with E-state index in [1.807, 2.05) is 24.0 Å². The first-order valence-electron chi connectivity index (χ1n) is 9.20. The van der Waals surface area contributed by atoms with Crippen molar-refractivity contribution in [3.63, 3.8) is 0 Å². The minimum atomic E-state index is 0.315. The van der Waals surface area contributed by atoms with E-state index >= 15 is 0 Å². The van der Waals surface area contributed by atoms with Crippen LogP contribution in [-0.4, -0.2) is 61.1 Å². The van der Waals surface area contributed by atoms with Gasteiger partial charge in [-0.25, -0.2) is 0 Å². The lowest BCUT2D eigenvalue weighted by Gasteiger charge is -2.35. The van der Waals surface area contributed by atoms with Gasteiger partial charge in [0.25, 0.3) is 0 Å². The van der Waals surface area contributed by atoms with Gasteiger partial charge in [0.15, 0.2) is 0 Å². The molecule has 3 rings (SSSR count). The molecule has 24 heavy (non-hydrogen) atoms. The Kier molecular flexibility index (Phi) is 6.10. The van der Waals surface area contributed by atoms with Gasteiger partial charge in [-0.2, -0.15) is 0 Å². The number of benzene rings is 1. The highest BCUT2D eigenvalue weighted by Gasteiger charge is 2.24. The van der Waals surface area contributed by atoms with Crippen molar-refractivity contribution in [3.8, 4) is 5.75 Å². The zero-order valence-electron chi connectivity index (χ0n) is 14.7. The van der Waals surface area contributed by atoms with Crippen molar-refractivity contribution < 1.29 is 9.53 Å². The first kappa shape index (κ1) is 17.2. The van der Waals surface area contributed by atoms with Gasteiger partial charge in [0, 0.05) is 45.2 Å². The molecule has 1 N–H and O–H groups in total. The van der Waals surface area contributed by atoms with E-state index in [0.29, 0.717) is 25.0 Å². The molecule has 2 heterocycles. The summed E-state index contributed by atoms with van der Waals surface area (Å²) in [5.41, 5.74) is 1.30. The zero-order chi connectivity index (χ0) is 16.8. The number of ether oxygens (including phenoxy) is 1. The molecule has 1 unspecified atom stereocenters. The number of carbonyl (C=O) groups excluding carboxylic acids is 1. The van der Waals surface area contributed by atoms with Crippen molar-refractivity contribution in [2.24, 2.45) is 0 Å². The first-order valence-corrected chi connectivity index (χ1v) is 9.20. The van der Waals surface area contributed by atoms with E-state index in [9.17, 15) is 4.79 Å². The number of hydrogen-bond acceptors (Lipinski definition) is 4. The van der Waals surface area contributed by atoms with E-state index in [0.717, 1.165) is 51.4 Å². The number of rotatable bonds is 6. The van der Waals surface area contributed by atoms with Crippen LogP contribution in [0.25, 0.3) is 0 Å².